The van der Waals surface area contributed by atoms with Gasteiger partial charge in [-0.1, -0.05) is 31.6 Å². The summed E-state index contributed by atoms with van der Waals surface area (Å²) in [6.45, 7) is 6.16. The van der Waals surface area contributed by atoms with Gasteiger partial charge in [0, 0.05) is 30.8 Å². The molecule has 3 fully saturated rings. The summed E-state index contributed by atoms with van der Waals surface area (Å²) < 4.78 is 8.07. The molecule has 1 aromatic carbocycles. The van der Waals surface area contributed by atoms with Crippen LogP contribution in [0.15, 0.2) is 60.2 Å². The number of aromatic nitrogens is 2. The third-order valence-corrected chi connectivity index (χ3v) is 10.2. The van der Waals surface area contributed by atoms with Crippen molar-refractivity contribution in [1.82, 2.24) is 9.55 Å². The fourth-order valence-corrected chi connectivity index (χ4v) is 8.11. The summed E-state index contributed by atoms with van der Waals surface area (Å²) >= 11 is 0. The number of fused-ring (bicyclic) bond motifs is 5. The Morgan fingerprint density at radius 2 is 2.00 bits per heavy atom. The molecule has 0 bridgehead atoms. The second-order valence-corrected chi connectivity index (χ2v) is 12.2. The first kappa shape index (κ1) is 24.4. The first-order valence-corrected chi connectivity index (χ1v) is 14.0. The molecule has 0 aliphatic heterocycles. The largest absolute Gasteiger partial charge is 0.494 e. The molecule has 0 amide bonds. The van der Waals surface area contributed by atoms with Crippen LogP contribution < -0.4 is 4.74 Å². The van der Waals surface area contributed by atoms with Crippen LogP contribution in [-0.2, 0) is 16.1 Å². The lowest BCUT2D eigenvalue weighted by Crippen LogP contribution is -2.50. The zero-order valence-corrected chi connectivity index (χ0v) is 22.1. The molecule has 5 heteroatoms. The van der Waals surface area contributed by atoms with Crippen LogP contribution in [0.3, 0.4) is 0 Å². The Morgan fingerprint density at radius 3 is 2.84 bits per heavy atom. The number of imidazole rings is 1. The maximum atomic E-state index is 13.8. The molecule has 5 atom stereocenters. The van der Waals surface area contributed by atoms with Crippen LogP contribution in [0.4, 0.5) is 0 Å². The summed E-state index contributed by atoms with van der Waals surface area (Å²) in [4.78, 5) is 30.0. The van der Waals surface area contributed by atoms with E-state index in [9.17, 15) is 9.59 Å². The van der Waals surface area contributed by atoms with E-state index >= 15 is 0 Å². The summed E-state index contributed by atoms with van der Waals surface area (Å²) in [5, 5.41) is 0. The Balaban J connectivity index is 1.17. The number of carbonyl (C=O) groups is 2. The van der Waals surface area contributed by atoms with E-state index in [1.165, 1.54) is 5.57 Å². The number of nitrogens with zero attached hydrogens (tertiary/aromatic N) is 2. The van der Waals surface area contributed by atoms with Gasteiger partial charge in [0.1, 0.15) is 5.75 Å². The zero-order chi connectivity index (χ0) is 25.6. The summed E-state index contributed by atoms with van der Waals surface area (Å²) in [5.41, 5.74) is 3.29. The van der Waals surface area contributed by atoms with Gasteiger partial charge < -0.3 is 9.30 Å². The number of hydrogen-bond acceptors (Lipinski definition) is 4. The number of rotatable bonds is 6. The van der Waals surface area contributed by atoms with E-state index in [1.54, 1.807) is 6.20 Å². The fraction of sp³-hybridized carbons (Fsp3) is 0.531. The van der Waals surface area contributed by atoms with E-state index in [-0.39, 0.29) is 10.8 Å². The smallest absolute Gasteiger partial charge is 0.165 e. The van der Waals surface area contributed by atoms with Crippen LogP contribution in [0.1, 0.15) is 70.8 Å². The van der Waals surface area contributed by atoms with E-state index in [1.807, 2.05) is 30.7 Å². The van der Waals surface area contributed by atoms with Gasteiger partial charge in [-0.05, 0) is 104 Å². The van der Waals surface area contributed by atoms with Crippen molar-refractivity contribution in [3.63, 3.8) is 0 Å². The van der Waals surface area contributed by atoms with Gasteiger partial charge in [0.05, 0.1) is 12.9 Å². The quantitative estimate of drug-likeness (QED) is 0.339. The average molecular weight is 499 g/mol. The Labute approximate surface area is 220 Å². The van der Waals surface area contributed by atoms with Crippen molar-refractivity contribution in [2.24, 2.45) is 28.6 Å². The highest BCUT2D eigenvalue weighted by Gasteiger charge is 2.60. The summed E-state index contributed by atoms with van der Waals surface area (Å²) in [5.74, 6) is 3.06. The van der Waals surface area contributed by atoms with Crippen LogP contribution in [0.5, 0.6) is 5.75 Å². The topological polar surface area (TPSA) is 61.2 Å². The molecule has 5 nitrogen and oxygen atoms in total. The highest BCUT2D eigenvalue weighted by Crippen LogP contribution is 2.65. The SMILES string of the molecule is C[C@]12CCC(=O)C=C1CC[C@@H]1[C@@H]2CC[C@]2(C)C(=O)C(=Cc3cccc(OCCCn4ccnc4)c3)C[C@@H]12. The number of Topliss-reactive ketones (excluding diaryl/α,β-unsaturated/α-hetero) is 1. The molecule has 1 aromatic heterocycles. The molecule has 194 valence electrons. The molecule has 2 aromatic rings. The van der Waals surface area contributed by atoms with E-state index in [2.05, 4.69) is 41.6 Å². The van der Waals surface area contributed by atoms with Crippen molar-refractivity contribution in [1.29, 1.82) is 0 Å². The normalized spacial score (nSPS) is 34.1. The average Bonchev–Trinajstić information content (AvgIpc) is 3.49. The highest BCUT2D eigenvalue weighted by atomic mass is 16.5. The zero-order valence-electron chi connectivity index (χ0n) is 22.1. The fourth-order valence-electron chi connectivity index (χ4n) is 8.11. The molecule has 0 unspecified atom stereocenters. The predicted octanol–water partition coefficient (Wildman–Crippen LogP) is 6.45. The Morgan fingerprint density at radius 1 is 1.11 bits per heavy atom. The number of hydrogen-bond donors (Lipinski definition) is 0. The molecule has 0 saturated heterocycles. The van der Waals surface area contributed by atoms with Crippen molar-refractivity contribution in [3.05, 3.63) is 65.8 Å². The third-order valence-electron chi connectivity index (χ3n) is 10.2. The van der Waals surface area contributed by atoms with Gasteiger partial charge in [-0.3, -0.25) is 9.59 Å². The van der Waals surface area contributed by atoms with Crippen LogP contribution in [-0.4, -0.2) is 27.7 Å². The number of benzene rings is 1. The highest BCUT2D eigenvalue weighted by molar-refractivity contribution is 6.06. The summed E-state index contributed by atoms with van der Waals surface area (Å²) in [7, 11) is 0. The van der Waals surface area contributed by atoms with E-state index < -0.39 is 0 Å². The molecule has 0 radical (unpaired) electrons. The number of ether oxygens (including phenoxy) is 1. The second kappa shape index (κ2) is 9.41. The van der Waals surface area contributed by atoms with Crippen molar-refractivity contribution in [2.75, 3.05) is 6.61 Å². The van der Waals surface area contributed by atoms with Crippen LogP contribution in [0.2, 0.25) is 0 Å². The van der Waals surface area contributed by atoms with Crippen molar-refractivity contribution >= 4 is 17.6 Å². The molecule has 37 heavy (non-hydrogen) atoms. The second-order valence-electron chi connectivity index (χ2n) is 12.2. The van der Waals surface area contributed by atoms with Gasteiger partial charge in [0.15, 0.2) is 11.6 Å². The molecule has 1 heterocycles. The van der Waals surface area contributed by atoms with Crippen LogP contribution in [0, 0.1) is 28.6 Å². The van der Waals surface area contributed by atoms with E-state index in [0.717, 1.165) is 68.4 Å². The molecule has 4 aliphatic carbocycles. The van der Waals surface area contributed by atoms with Crippen molar-refractivity contribution in [3.8, 4) is 5.75 Å². The minimum Gasteiger partial charge on any atom is -0.494 e. The maximum Gasteiger partial charge on any atom is 0.165 e. The molecular formula is C32H38N2O3. The lowest BCUT2D eigenvalue weighted by molar-refractivity contribution is -0.130. The molecular weight excluding hydrogens is 460 g/mol. The molecule has 6 rings (SSSR count). The van der Waals surface area contributed by atoms with Crippen molar-refractivity contribution < 1.29 is 14.3 Å². The summed E-state index contributed by atoms with van der Waals surface area (Å²) in [6, 6.07) is 8.14. The number of ketones is 2. The minimum absolute atomic E-state index is 0.136. The molecule has 4 aliphatic rings. The van der Waals surface area contributed by atoms with Gasteiger partial charge in [-0.25, -0.2) is 4.98 Å². The minimum atomic E-state index is -0.253. The van der Waals surface area contributed by atoms with Gasteiger partial charge in [-0.15, -0.1) is 0 Å². The first-order valence-electron chi connectivity index (χ1n) is 14.0. The number of aryl methyl sites for hydroxylation is 1. The monoisotopic (exact) mass is 498 g/mol. The Hall–Kier alpha value is -2.95. The van der Waals surface area contributed by atoms with Gasteiger partial charge in [0.25, 0.3) is 0 Å². The lowest BCUT2D eigenvalue weighted by atomic mass is 9.47. The standard InChI is InChI=1S/C32H38N2O3/c1-31-11-9-25(35)20-24(31)7-8-27-28(31)10-12-32(2)29(27)19-23(30(32)36)17-22-5-3-6-26(18-22)37-16-4-14-34-15-13-33-21-34/h3,5-6,13,15,17-18,20-21,27-29H,4,7-12,14,16,19H2,1-2H3/t27-,28+,29+,31+,32+/m1/s1. The number of carbonyl (C=O) groups excluding carboxylic acids is 2. The molecule has 0 spiro atoms. The summed E-state index contributed by atoms with van der Waals surface area (Å²) in [6.07, 6.45) is 17.3. The van der Waals surface area contributed by atoms with Gasteiger partial charge in [-0.2, -0.15) is 0 Å². The lowest BCUT2D eigenvalue weighted by Gasteiger charge is -2.56. The van der Waals surface area contributed by atoms with Crippen molar-refractivity contribution in [2.45, 2.75) is 71.8 Å². The molecule has 0 N–H and O–H groups in total. The van der Waals surface area contributed by atoms with E-state index in [4.69, 9.17) is 4.74 Å². The predicted molar refractivity (Wildman–Crippen MR) is 144 cm³/mol. The Bertz CT molecular complexity index is 1260. The van der Waals surface area contributed by atoms with Gasteiger partial charge in [0.2, 0.25) is 0 Å². The molecule has 3 saturated carbocycles. The van der Waals surface area contributed by atoms with Crippen LogP contribution in [0.25, 0.3) is 6.08 Å². The number of allylic oxidation sites excluding steroid dienone is 2. The van der Waals surface area contributed by atoms with Crippen LogP contribution >= 0.6 is 0 Å². The first-order chi connectivity index (χ1) is 17.9. The Kier molecular flexibility index (Phi) is 6.21. The van der Waals surface area contributed by atoms with Gasteiger partial charge >= 0.3 is 0 Å². The third kappa shape index (κ3) is 4.30. The van der Waals surface area contributed by atoms with E-state index in [0.29, 0.717) is 42.3 Å². The maximum absolute atomic E-state index is 13.8.